The van der Waals surface area contributed by atoms with Gasteiger partial charge in [-0.2, -0.15) is 0 Å². The van der Waals surface area contributed by atoms with Crippen molar-refractivity contribution in [3.05, 3.63) is 59.7 Å². The summed E-state index contributed by atoms with van der Waals surface area (Å²) in [6.07, 6.45) is 2.88. The molecule has 2 aromatic carbocycles. The van der Waals surface area contributed by atoms with E-state index in [1.54, 1.807) is 14.2 Å². The Labute approximate surface area is 202 Å². The van der Waals surface area contributed by atoms with Crippen molar-refractivity contribution >= 4 is 15.7 Å². The Bertz CT molecular complexity index is 1060. The molecule has 0 saturated carbocycles. The van der Waals surface area contributed by atoms with E-state index in [0.29, 0.717) is 12.8 Å². The second-order valence-corrected chi connectivity index (χ2v) is 11.5. The molecule has 0 aromatic heterocycles. The summed E-state index contributed by atoms with van der Waals surface area (Å²) in [5.41, 5.74) is 2.14. The quantitative estimate of drug-likeness (QED) is 0.618. The largest absolute Gasteiger partial charge is 0.497 e. The Morgan fingerprint density at radius 2 is 1.56 bits per heavy atom. The molecule has 0 aliphatic carbocycles. The van der Waals surface area contributed by atoms with Crippen LogP contribution in [0.15, 0.2) is 48.5 Å². The third-order valence-corrected chi connectivity index (χ3v) is 8.81. The first kappa shape index (κ1) is 24.5. The second kappa shape index (κ2) is 10.8. The topological polar surface area (TPSA) is 84.9 Å². The Balaban J connectivity index is 1.41. The van der Waals surface area contributed by atoms with Crippen molar-refractivity contribution in [2.24, 2.45) is 5.92 Å². The normalized spacial score (nSPS) is 21.6. The maximum atomic E-state index is 13.3. The number of benzene rings is 2. The molecule has 34 heavy (non-hydrogen) atoms. The molecule has 0 bridgehead atoms. The number of carbonyl (C=O) groups excluding carboxylic acids is 1. The second-order valence-electron chi connectivity index (χ2n) is 9.25. The summed E-state index contributed by atoms with van der Waals surface area (Å²) in [4.78, 5) is 15.5. The van der Waals surface area contributed by atoms with E-state index >= 15 is 0 Å². The maximum Gasteiger partial charge on any atom is 0.223 e. The summed E-state index contributed by atoms with van der Waals surface area (Å²) < 4.78 is 34.2. The maximum absolute atomic E-state index is 13.3. The molecular formula is C26H34N2O5S. The van der Waals surface area contributed by atoms with Gasteiger partial charge in [0, 0.05) is 12.0 Å². The van der Waals surface area contributed by atoms with Gasteiger partial charge in [0.1, 0.15) is 11.5 Å². The Kier molecular flexibility index (Phi) is 7.78. The minimum Gasteiger partial charge on any atom is -0.497 e. The first-order valence-electron chi connectivity index (χ1n) is 11.9. The van der Waals surface area contributed by atoms with Crippen molar-refractivity contribution in [3.63, 3.8) is 0 Å². The average Bonchev–Trinajstić information content (AvgIpc) is 3.23. The van der Waals surface area contributed by atoms with E-state index in [0.717, 1.165) is 48.6 Å². The van der Waals surface area contributed by atoms with Crippen molar-refractivity contribution in [2.75, 3.05) is 38.8 Å². The molecule has 0 unspecified atom stereocenters. The van der Waals surface area contributed by atoms with E-state index in [-0.39, 0.29) is 35.4 Å². The monoisotopic (exact) mass is 486 g/mol. The van der Waals surface area contributed by atoms with Crippen LogP contribution in [0, 0.1) is 5.92 Å². The van der Waals surface area contributed by atoms with Gasteiger partial charge in [-0.05, 0) is 74.2 Å². The van der Waals surface area contributed by atoms with Gasteiger partial charge in [-0.1, -0.05) is 24.3 Å². The summed E-state index contributed by atoms with van der Waals surface area (Å²) in [5, 5.41) is 3.29. The predicted octanol–water partition coefficient (Wildman–Crippen LogP) is 3.00. The molecule has 2 aromatic rings. The number of sulfone groups is 1. The van der Waals surface area contributed by atoms with Crippen molar-refractivity contribution in [3.8, 4) is 11.5 Å². The van der Waals surface area contributed by atoms with Gasteiger partial charge in [-0.3, -0.25) is 9.69 Å². The Morgan fingerprint density at radius 1 is 0.971 bits per heavy atom. The smallest absolute Gasteiger partial charge is 0.223 e. The first-order chi connectivity index (χ1) is 16.4. The SMILES string of the molecule is COc1ccc(C[C@@H](NC(=O)C2CCN([C@H]3CCS(=O)(=O)C3)CC2)c2ccc(OC)cc2)cc1. The van der Waals surface area contributed by atoms with Crippen LogP contribution in [0.2, 0.25) is 0 Å². The molecule has 1 amide bonds. The van der Waals surface area contributed by atoms with E-state index in [4.69, 9.17) is 9.47 Å². The number of methoxy groups -OCH3 is 2. The predicted molar refractivity (Wildman–Crippen MR) is 132 cm³/mol. The van der Waals surface area contributed by atoms with Crippen LogP contribution in [0.4, 0.5) is 0 Å². The lowest BCUT2D eigenvalue weighted by atomic mass is 9.92. The highest BCUT2D eigenvalue weighted by Crippen LogP contribution is 2.27. The number of amides is 1. The van der Waals surface area contributed by atoms with Crippen LogP contribution in [-0.2, 0) is 21.1 Å². The fourth-order valence-electron chi connectivity index (χ4n) is 4.97. The van der Waals surface area contributed by atoms with Gasteiger partial charge >= 0.3 is 0 Å². The minimum atomic E-state index is -2.90. The fourth-order valence-corrected chi connectivity index (χ4v) is 6.73. The van der Waals surface area contributed by atoms with Crippen LogP contribution >= 0.6 is 0 Å². The summed E-state index contributed by atoms with van der Waals surface area (Å²) in [5.74, 6) is 2.12. The summed E-state index contributed by atoms with van der Waals surface area (Å²) in [6, 6.07) is 15.7. The minimum absolute atomic E-state index is 0.0630. The van der Waals surface area contributed by atoms with Gasteiger partial charge in [-0.25, -0.2) is 8.42 Å². The average molecular weight is 487 g/mol. The Morgan fingerprint density at radius 3 is 2.09 bits per heavy atom. The van der Waals surface area contributed by atoms with Crippen molar-refractivity contribution < 1.29 is 22.7 Å². The third kappa shape index (κ3) is 6.10. The number of nitrogens with zero attached hydrogens (tertiary/aromatic N) is 1. The number of nitrogens with one attached hydrogen (secondary N) is 1. The van der Waals surface area contributed by atoms with Crippen LogP contribution in [0.5, 0.6) is 11.5 Å². The lowest BCUT2D eigenvalue weighted by Gasteiger charge is -2.35. The number of piperidine rings is 1. The Hall–Kier alpha value is -2.58. The third-order valence-electron chi connectivity index (χ3n) is 7.06. The lowest BCUT2D eigenvalue weighted by Crippen LogP contribution is -2.46. The molecular weight excluding hydrogens is 452 g/mol. The van der Waals surface area contributed by atoms with Gasteiger partial charge in [-0.15, -0.1) is 0 Å². The molecule has 4 rings (SSSR count). The van der Waals surface area contributed by atoms with Crippen molar-refractivity contribution in [1.82, 2.24) is 10.2 Å². The molecule has 2 heterocycles. The highest BCUT2D eigenvalue weighted by molar-refractivity contribution is 7.91. The first-order valence-corrected chi connectivity index (χ1v) is 13.7. The molecule has 1 N–H and O–H groups in total. The molecule has 0 spiro atoms. The zero-order chi connectivity index (χ0) is 24.1. The van der Waals surface area contributed by atoms with E-state index in [9.17, 15) is 13.2 Å². The number of hydrogen-bond donors (Lipinski definition) is 1. The number of rotatable bonds is 8. The number of likely N-dealkylation sites (tertiary alicyclic amines) is 1. The van der Waals surface area contributed by atoms with Crippen LogP contribution in [0.3, 0.4) is 0 Å². The van der Waals surface area contributed by atoms with E-state index in [1.165, 1.54) is 0 Å². The highest BCUT2D eigenvalue weighted by atomic mass is 32.2. The molecule has 2 fully saturated rings. The zero-order valence-corrected chi connectivity index (χ0v) is 20.7. The molecule has 2 aliphatic rings. The van der Waals surface area contributed by atoms with Crippen LogP contribution in [-0.4, -0.2) is 64.1 Å². The standard InChI is InChI=1S/C26H34N2O5S/c1-32-23-7-3-19(4-8-23)17-25(20-5-9-24(33-2)10-6-20)27-26(29)21-11-14-28(15-12-21)22-13-16-34(30,31)18-22/h3-10,21-22,25H,11-18H2,1-2H3,(H,27,29)/t22-,25+/m0/s1. The molecule has 2 saturated heterocycles. The number of carbonyl (C=O) groups is 1. The molecule has 0 radical (unpaired) electrons. The van der Waals surface area contributed by atoms with Crippen LogP contribution < -0.4 is 14.8 Å². The van der Waals surface area contributed by atoms with Gasteiger partial charge in [0.2, 0.25) is 5.91 Å². The van der Waals surface area contributed by atoms with Crippen LogP contribution in [0.1, 0.15) is 36.4 Å². The van der Waals surface area contributed by atoms with Gasteiger partial charge in [0.15, 0.2) is 9.84 Å². The zero-order valence-electron chi connectivity index (χ0n) is 19.9. The number of hydrogen-bond acceptors (Lipinski definition) is 6. The molecule has 2 aliphatic heterocycles. The molecule has 184 valence electrons. The molecule has 2 atom stereocenters. The summed E-state index contributed by atoms with van der Waals surface area (Å²) >= 11 is 0. The van der Waals surface area contributed by atoms with Gasteiger partial charge in [0.25, 0.3) is 0 Å². The molecule has 7 nitrogen and oxygen atoms in total. The fraction of sp³-hybridized carbons (Fsp3) is 0.500. The van der Waals surface area contributed by atoms with E-state index < -0.39 is 9.84 Å². The number of ether oxygens (including phenoxy) is 2. The van der Waals surface area contributed by atoms with Gasteiger partial charge in [0.05, 0.1) is 31.8 Å². The highest BCUT2D eigenvalue weighted by Gasteiger charge is 2.35. The summed E-state index contributed by atoms with van der Waals surface area (Å²) in [6.45, 7) is 1.54. The van der Waals surface area contributed by atoms with Crippen LogP contribution in [0.25, 0.3) is 0 Å². The van der Waals surface area contributed by atoms with Crippen molar-refractivity contribution in [1.29, 1.82) is 0 Å². The lowest BCUT2D eigenvalue weighted by molar-refractivity contribution is -0.127. The molecule has 8 heteroatoms. The van der Waals surface area contributed by atoms with E-state index in [1.807, 2.05) is 48.5 Å². The summed E-state index contributed by atoms with van der Waals surface area (Å²) in [7, 11) is 0.385. The van der Waals surface area contributed by atoms with Gasteiger partial charge < -0.3 is 14.8 Å². The van der Waals surface area contributed by atoms with E-state index in [2.05, 4.69) is 10.2 Å². The van der Waals surface area contributed by atoms with Crippen molar-refractivity contribution in [2.45, 2.75) is 37.8 Å².